The first-order valence-corrected chi connectivity index (χ1v) is 11.6. The molecular formula is C25H27N3O3S. The second-order valence-corrected chi connectivity index (χ2v) is 8.62. The SMILES string of the molecule is COc1ccccc1N1CCN(C(=O)C(Cc2ccccc2)NC(=O)c2cccs2)CC1. The molecule has 1 fully saturated rings. The highest BCUT2D eigenvalue weighted by Gasteiger charge is 2.30. The Labute approximate surface area is 192 Å². The van der Waals surface area contributed by atoms with Gasteiger partial charge in [-0.3, -0.25) is 9.59 Å². The van der Waals surface area contributed by atoms with Gasteiger partial charge in [-0.2, -0.15) is 0 Å². The largest absolute Gasteiger partial charge is 0.495 e. The van der Waals surface area contributed by atoms with E-state index in [0.29, 0.717) is 37.5 Å². The Bertz CT molecular complexity index is 1030. The molecule has 3 aromatic rings. The number of para-hydroxylation sites is 2. The number of hydrogen-bond acceptors (Lipinski definition) is 5. The van der Waals surface area contributed by atoms with Gasteiger partial charge in [0.05, 0.1) is 17.7 Å². The van der Waals surface area contributed by atoms with Gasteiger partial charge < -0.3 is 19.9 Å². The fourth-order valence-electron chi connectivity index (χ4n) is 3.97. The summed E-state index contributed by atoms with van der Waals surface area (Å²) in [6.45, 7) is 2.61. The van der Waals surface area contributed by atoms with Gasteiger partial charge in [-0.25, -0.2) is 0 Å². The highest BCUT2D eigenvalue weighted by atomic mass is 32.1. The van der Waals surface area contributed by atoms with Crippen LogP contribution >= 0.6 is 11.3 Å². The van der Waals surface area contributed by atoms with Gasteiger partial charge in [0.15, 0.2) is 0 Å². The van der Waals surface area contributed by atoms with E-state index in [0.717, 1.165) is 17.0 Å². The van der Waals surface area contributed by atoms with Crippen molar-refractivity contribution in [3.63, 3.8) is 0 Å². The van der Waals surface area contributed by atoms with Gasteiger partial charge in [0.2, 0.25) is 5.91 Å². The molecule has 0 spiro atoms. The minimum Gasteiger partial charge on any atom is -0.495 e. The number of methoxy groups -OCH3 is 1. The zero-order valence-electron chi connectivity index (χ0n) is 18.1. The molecule has 2 amide bonds. The molecule has 2 heterocycles. The van der Waals surface area contributed by atoms with Crippen LogP contribution in [0.15, 0.2) is 72.1 Å². The van der Waals surface area contributed by atoms with E-state index in [1.807, 2.05) is 70.9 Å². The summed E-state index contributed by atoms with van der Waals surface area (Å²) in [5, 5.41) is 4.83. The Morgan fingerprint density at radius 1 is 0.969 bits per heavy atom. The molecule has 1 unspecified atom stereocenters. The number of benzene rings is 2. The molecule has 166 valence electrons. The molecule has 4 rings (SSSR count). The number of nitrogens with one attached hydrogen (secondary N) is 1. The van der Waals surface area contributed by atoms with E-state index in [2.05, 4.69) is 10.2 Å². The first-order chi connectivity index (χ1) is 15.7. The molecule has 7 heteroatoms. The summed E-state index contributed by atoms with van der Waals surface area (Å²) in [6.07, 6.45) is 0.462. The highest BCUT2D eigenvalue weighted by Crippen LogP contribution is 2.28. The van der Waals surface area contributed by atoms with Crippen LogP contribution in [0.3, 0.4) is 0 Å². The normalized spacial score (nSPS) is 14.7. The zero-order chi connectivity index (χ0) is 22.3. The van der Waals surface area contributed by atoms with Crippen molar-refractivity contribution in [2.75, 3.05) is 38.2 Å². The maximum Gasteiger partial charge on any atom is 0.262 e. The summed E-state index contributed by atoms with van der Waals surface area (Å²) in [5.41, 5.74) is 2.05. The predicted octanol–water partition coefficient (Wildman–Crippen LogP) is 3.45. The third-order valence-corrected chi connectivity index (χ3v) is 6.52. The number of ether oxygens (including phenoxy) is 1. The van der Waals surface area contributed by atoms with Crippen LogP contribution in [0.4, 0.5) is 5.69 Å². The predicted molar refractivity (Wildman–Crippen MR) is 128 cm³/mol. The second-order valence-electron chi connectivity index (χ2n) is 7.68. The minimum atomic E-state index is -0.607. The second kappa shape index (κ2) is 10.3. The highest BCUT2D eigenvalue weighted by molar-refractivity contribution is 7.12. The lowest BCUT2D eigenvalue weighted by molar-refractivity contribution is -0.133. The van der Waals surface area contributed by atoms with E-state index < -0.39 is 6.04 Å². The van der Waals surface area contributed by atoms with E-state index in [1.54, 1.807) is 13.2 Å². The quantitative estimate of drug-likeness (QED) is 0.600. The molecular weight excluding hydrogens is 422 g/mol. The summed E-state index contributed by atoms with van der Waals surface area (Å²) >= 11 is 1.37. The van der Waals surface area contributed by atoms with Gasteiger partial charge >= 0.3 is 0 Å². The van der Waals surface area contributed by atoms with E-state index in [4.69, 9.17) is 4.74 Å². The van der Waals surface area contributed by atoms with Crippen LogP contribution in [-0.2, 0) is 11.2 Å². The van der Waals surface area contributed by atoms with Gasteiger partial charge in [-0.05, 0) is 29.1 Å². The third-order valence-electron chi connectivity index (χ3n) is 5.65. The molecule has 32 heavy (non-hydrogen) atoms. The molecule has 1 atom stereocenters. The fraction of sp³-hybridized carbons (Fsp3) is 0.280. The van der Waals surface area contributed by atoms with E-state index >= 15 is 0 Å². The number of hydrogen-bond donors (Lipinski definition) is 1. The summed E-state index contributed by atoms with van der Waals surface area (Å²) in [6, 6.07) is 20.7. The lowest BCUT2D eigenvalue weighted by Crippen LogP contribution is -2.55. The van der Waals surface area contributed by atoms with Crippen molar-refractivity contribution in [3.05, 3.63) is 82.6 Å². The Morgan fingerprint density at radius 2 is 1.69 bits per heavy atom. The van der Waals surface area contributed by atoms with Crippen molar-refractivity contribution in [3.8, 4) is 5.75 Å². The average molecular weight is 450 g/mol. The summed E-state index contributed by atoms with van der Waals surface area (Å²) in [4.78, 5) is 30.9. The Morgan fingerprint density at radius 3 is 2.38 bits per heavy atom. The standard InChI is InChI=1S/C25H27N3O3S/c1-31-22-11-6-5-10-21(22)27-13-15-28(16-14-27)25(30)20(18-19-8-3-2-4-9-19)26-24(29)23-12-7-17-32-23/h2-12,17,20H,13-16,18H2,1H3,(H,26,29). The van der Waals surface area contributed by atoms with Crippen molar-refractivity contribution < 1.29 is 14.3 Å². The van der Waals surface area contributed by atoms with E-state index in [1.165, 1.54) is 11.3 Å². The molecule has 2 aromatic carbocycles. The molecule has 6 nitrogen and oxygen atoms in total. The first kappa shape index (κ1) is 21.9. The summed E-state index contributed by atoms with van der Waals surface area (Å²) in [7, 11) is 1.67. The van der Waals surface area contributed by atoms with Gasteiger partial charge in [0.1, 0.15) is 11.8 Å². The van der Waals surface area contributed by atoms with Crippen LogP contribution in [0.2, 0.25) is 0 Å². The lowest BCUT2D eigenvalue weighted by Gasteiger charge is -2.38. The van der Waals surface area contributed by atoms with Crippen LogP contribution < -0.4 is 15.0 Å². The Kier molecular flexibility index (Phi) is 7.07. The maximum absolute atomic E-state index is 13.4. The molecule has 1 N–H and O–H groups in total. The zero-order valence-corrected chi connectivity index (χ0v) is 18.9. The van der Waals surface area contributed by atoms with Crippen molar-refractivity contribution in [1.82, 2.24) is 10.2 Å². The number of rotatable bonds is 7. The third kappa shape index (κ3) is 5.11. The topological polar surface area (TPSA) is 61.9 Å². The number of thiophene rings is 1. The van der Waals surface area contributed by atoms with Crippen LogP contribution in [0, 0.1) is 0 Å². The molecule has 0 bridgehead atoms. The molecule has 0 aliphatic carbocycles. The number of piperazine rings is 1. The van der Waals surface area contributed by atoms with Crippen LogP contribution in [0.1, 0.15) is 15.2 Å². The molecule has 1 aliphatic heterocycles. The molecule has 1 aliphatic rings. The average Bonchev–Trinajstić information content (AvgIpc) is 3.39. The van der Waals surface area contributed by atoms with Gasteiger partial charge in [0, 0.05) is 32.6 Å². The van der Waals surface area contributed by atoms with Crippen LogP contribution in [0.25, 0.3) is 0 Å². The number of anilines is 1. The summed E-state index contributed by atoms with van der Waals surface area (Å²) in [5.74, 6) is 0.581. The molecule has 1 aromatic heterocycles. The Hall–Kier alpha value is -3.32. The number of amides is 2. The van der Waals surface area contributed by atoms with Crippen molar-refractivity contribution in [2.45, 2.75) is 12.5 Å². The monoisotopic (exact) mass is 449 g/mol. The van der Waals surface area contributed by atoms with Crippen molar-refractivity contribution >= 4 is 28.8 Å². The van der Waals surface area contributed by atoms with Gasteiger partial charge in [0.25, 0.3) is 5.91 Å². The first-order valence-electron chi connectivity index (χ1n) is 10.7. The Balaban J connectivity index is 1.45. The lowest BCUT2D eigenvalue weighted by atomic mass is 10.0. The molecule has 1 saturated heterocycles. The van der Waals surface area contributed by atoms with Gasteiger partial charge in [-0.15, -0.1) is 11.3 Å². The molecule has 0 saturated carbocycles. The van der Waals surface area contributed by atoms with Crippen molar-refractivity contribution in [1.29, 1.82) is 0 Å². The summed E-state index contributed by atoms with van der Waals surface area (Å²) < 4.78 is 5.49. The number of carbonyl (C=O) groups is 2. The van der Waals surface area contributed by atoms with Crippen LogP contribution in [-0.4, -0.2) is 56.0 Å². The number of carbonyl (C=O) groups excluding carboxylic acids is 2. The van der Waals surface area contributed by atoms with Gasteiger partial charge in [-0.1, -0.05) is 48.5 Å². The van der Waals surface area contributed by atoms with E-state index in [9.17, 15) is 9.59 Å². The number of nitrogens with zero attached hydrogens (tertiary/aromatic N) is 2. The van der Waals surface area contributed by atoms with Crippen LogP contribution in [0.5, 0.6) is 5.75 Å². The minimum absolute atomic E-state index is 0.0431. The van der Waals surface area contributed by atoms with E-state index in [-0.39, 0.29) is 11.8 Å². The maximum atomic E-state index is 13.4. The van der Waals surface area contributed by atoms with Crippen molar-refractivity contribution in [2.24, 2.45) is 0 Å². The fourth-order valence-corrected chi connectivity index (χ4v) is 4.59. The smallest absolute Gasteiger partial charge is 0.262 e. The molecule has 0 radical (unpaired) electrons.